The van der Waals surface area contributed by atoms with Crippen LogP contribution >= 0.6 is 0 Å². The molecule has 0 N–H and O–H groups in total. The van der Waals surface area contributed by atoms with Gasteiger partial charge in [0.25, 0.3) is 5.91 Å². The zero-order valence-electron chi connectivity index (χ0n) is 18.0. The number of pyridine rings is 1. The number of hydrogen-bond acceptors (Lipinski definition) is 5. The van der Waals surface area contributed by atoms with E-state index < -0.39 is 0 Å². The molecule has 0 atom stereocenters. The molecule has 0 spiro atoms. The molecule has 4 aromatic rings. The zero-order valence-corrected chi connectivity index (χ0v) is 18.0. The van der Waals surface area contributed by atoms with Crippen LogP contribution < -0.4 is 4.90 Å². The molecule has 5 rings (SSSR count). The van der Waals surface area contributed by atoms with E-state index in [2.05, 4.69) is 16.0 Å². The number of piperazine rings is 1. The number of para-hydroxylation sites is 1. The average Bonchev–Trinajstić information content (AvgIpc) is 3.35. The fourth-order valence-electron chi connectivity index (χ4n) is 4.02. The lowest BCUT2D eigenvalue weighted by atomic mass is 10.1. The van der Waals surface area contributed by atoms with Crippen molar-refractivity contribution in [3.05, 3.63) is 96.3 Å². The summed E-state index contributed by atoms with van der Waals surface area (Å²) in [5.41, 5.74) is 3.66. The largest absolute Gasteiger partial charge is 0.353 e. The van der Waals surface area contributed by atoms with Crippen molar-refractivity contribution >= 4 is 11.7 Å². The van der Waals surface area contributed by atoms with Gasteiger partial charge in [-0.05, 0) is 24.3 Å². The molecular weight excluding hydrogens is 412 g/mol. The lowest BCUT2D eigenvalue weighted by Crippen LogP contribution is -2.49. The molecular formula is C26H22N6O. The van der Waals surface area contributed by atoms with Gasteiger partial charge in [-0.15, -0.1) is 0 Å². The monoisotopic (exact) mass is 434 g/mol. The van der Waals surface area contributed by atoms with E-state index in [4.69, 9.17) is 10.4 Å². The smallest absolute Gasteiger partial charge is 0.257 e. The Hall–Kier alpha value is -4.44. The summed E-state index contributed by atoms with van der Waals surface area (Å²) in [7, 11) is 0. The Morgan fingerprint density at radius 3 is 2.30 bits per heavy atom. The van der Waals surface area contributed by atoms with E-state index in [1.807, 2.05) is 71.8 Å². The number of benzene rings is 2. The number of nitrogens with zero attached hydrogens (tertiary/aromatic N) is 6. The Bertz CT molecular complexity index is 1300. The van der Waals surface area contributed by atoms with Crippen LogP contribution in [0.4, 0.5) is 5.82 Å². The van der Waals surface area contributed by atoms with Crippen molar-refractivity contribution in [3.8, 4) is 23.0 Å². The lowest BCUT2D eigenvalue weighted by molar-refractivity contribution is 0.0747. The normalized spacial score (nSPS) is 13.5. The molecule has 0 bridgehead atoms. The number of nitriles is 1. The van der Waals surface area contributed by atoms with Gasteiger partial charge in [0.15, 0.2) is 0 Å². The van der Waals surface area contributed by atoms with Gasteiger partial charge < -0.3 is 9.80 Å². The highest BCUT2D eigenvalue weighted by Gasteiger charge is 2.27. The minimum atomic E-state index is -0.0329. The lowest BCUT2D eigenvalue weighted by Gasteiger charge is -2.35. The molecule has 1 amide bonds. The van der Waals surface area contributed by atoms with Crippen LogP contribution in [-0.4, -0.2) is 51.8 Å². The van der Waals surface area contributed by atoms with Gasteiger partial charge in [0.2, 0.25) is 0 Å². The van der Waals surface area contributed by atoms with E-state index in [-0.39, 0.29) is 5.91 Å². The first-order chi connectivity index (χ1) is 16.2. The SMILES string of the molecule is N#Cc1ccnc(N2CCN(C(=O)c3cn(-c4ccccc4)nc3-c3ccccc3)CC2)c1. The number of aromatic nitrogens is 3. The Labute approximate surface area is 192 Å². The van der Waals surface area contributed by atoms with Gasteiger partial charge in [0.05, 0.1) is 22.9 Å². The highest BCUT2D eigenvalue weighted by molar-refractivity contribution is 6.00. The Balaban J connectivity index is 1.40. The van der Waals surface area contributed by atoms with Gasteiger partial charge in [0.1, 0.15) is 11.5 Å². The van der Waals surface area contributed by atoms with Crippen LogP contribution in [-0.2, 0) is 0 Å². The molecule has 0 aliphatic carbocycles. The van der Waals surface area contributed by atoms with Gasteiger partial charge >= 0.3 is 0 Å². The standard InChI is InChI=1S/C26H22N6O/c27-18-20-11-12-28-24(17-20)30-13-15-31(16-14-30)26(33)23-19-32(22-9-5-2-6-10-22)29-25(23)21-7-3-1-4-8-21/h1-12,17,19H,13-16H2. The van der Waals surface area contributed by atoms with Crippen LogP contribution in [0.15, 0.2) is 85.2 Å². The van der Waals surface area contributed by atoms with E-state index in [9.17, 15) is 4.79 Å². The van der Waals surface area contributed by atoms with Crippen LogP contribution in [0.25, 0.3) is 16.9 Å². The van der Waals surface area contributed by atoms with Crippen LogP contribution in [0, 0.1) is 11.3 Å². The summed E-state index contributed by atoms with van der Waals surface area (Å²) < 4.78 is 1.77. The van der Waals surface area contributed by atoms with Crippen LogP contribution in [0.3, 0.4) is 0 Å². The molecule has 3 heterocycles. The van der Waals surface area contributed by atoms with Crippen molar-refractivity contribution in [2.75, 3.05) is 31.1 Å². The van der Waals surface area contributed by atoms with Gasteiger partial charge in [0, 0.05) is 44.1 Å². The minimum Gasteiger partial charge on any atom is -0.353 e. The number of anilines is 1. The predicted molar refractivity (Wildman–Crippen MR) is 126 cm³/mol. The van der Waals surface area contributed by atoms with E-state index in [1.165, 1.54) is 0 Å². The highest BCUT2D eigenvalue weighted by Crippen LogP contribution is 2.26. The van der Waals surface area contributed by atoms with Gasteiger partial charge in [-0.1, -0.05) is 48.5 Å². The zero-order chi connectivity index (χ0) is 22.6. The summed E-state index contributed by atoms with van der Waals surface area (Å²) in [6.07, 6.45) is 3.47. The van der Waals surface area contributed by atoms with Gasteiger partial charge in [-0.2, -0.15) is 10.4 Å². The first kappa shape index (κ1) is 20.5. The third-order valence-corrected chi connectivity index (χ3v) is 5.78. The number of rotatable bonds is 4. The summed E-state index contributed by atoms with van der Waals surface area (Å²) in [6, 6.07) is 25.2. The second-order valence-corrected chi connectivity index (χ2v) is 7.83. The molecule has 162 valence electrons. The fourth-order valence-corrected chi connectivity index (χ4v) is 4.02. The van der Waals surface area contributed by atoms with Crippen LogP contribution in [0.2, 0.25) is 0 Å². The van der Waals surface area contributed by atoms with Crippen molar-refractivity contribution in [2.45, 2.75) is 0 Å². The predicted octanol–water partition coefficient (Wildman–Crippen LogP) is 3.77. The quantitative estimate of drug-likeness (QED) is 0.489. The van der Waals surface area contributed by atoms with Crippen molar-refractivity contribution < 1.29 is 4.79 Å². The Morgan fingerprint density at radius 2 is 1.61 bits per heavy atom. The fraction of sp³-hybridized carbons (Fsp3) is 0.154. The third-order valence-electron chi connectivity index (χ3n) is 5.78. The number of carbonyl (C=O) groups is 1. The summed E-state index contributed by atoms with van der Waals surface area (Å²) >= 11 is 0. The molecule has 2 aromatic heterocycles. The van der Waals surface area contributed by atoms with E-state index in [1.54, 1.807) is 23.0 Å². The second kappa shape index (κ2) is 8.97. The molecule has 7 heteroatoms. The first-order valence-electron chi connectivity index (χ1n) is 10.8. The maximum Gasteiger partial charge on any atom is 0.257 e. The number of carbonyl (C=O) groups excluding carboxylic acids is 1. The molecule has 1 aliphatic rings. The van der Waals surface area contributed by atoms with E-state index >= 15 is 0 Å². The van der Waals surface area contributed by atoms with Gasteiger partial charge in [-0.25, -0.2) is 9.67 Å². The maximum atomic E-state index is 13.6. The Kier molecular flexibility index (Phi) is 5.56. The third kappa shape index (κ3) is 4.19. The molecule has 1 fully saturated rings. The van der Waals surface area contributed by atoms with E-state index in [0.29, 0.717) is 43.0 Å². The summed E-state index contributed by atoms with van der Waals surface area (Å²) in [6.45, 7) is 2.45. The van der Waals surface area contributed by atoms with Gasteiger partial charge in [-0.3, -0.25) is 4.79 Å². The highest BCUT2D eigenvalue weighted by atomic mass is 16.2. The minimum absolute atomic E-state index is 0.0329. The van der Waals surface area contributed by atoms with Crippen molar-refractivity contribution in [2.24, 2.45) is 0 Å². The molecule has 1 saturated heterocycles. The maximum absolute atomic E-state index is 13.6. The number of hydrogen-bond donors (Lipinski definition) is 0. The van der Waals surface area contributed by atoms with Crippen molar-refractivity contribution in [1.82, 2.24) is 19.7 Å². The first-order valence-corrected chi connectivity index (χ1v) is 10.8. The van der Waals surface area contributed by atoms with Crippen LogP contribution in [0.1, 0.15) is 15.9 Å². The molecule has 33 heavy (non-hydrogen) atoms. The topological polar surface area (TPSA) is 78.0 Å². The van der Waals surface area contributed by atoms with Crippen molar-refractivity contribution in [3.63, 3.8) is 0 Å². The summed E-state index contributed by atoms with van der Waals surface area (Å²) in [5.74, 6) is 0.734. The van der Waals surface area contributed by atoms with Crippen LogP contribution in [0.5, 0.6) is 0 Å². The van der Waals surface area contributed by atoms with Crippen molar-refractivity contribution in [1.29, 1.82) is 5.26 Å². The summed E-state index contributed by atoms with van der Waals surface area (Å²) in [4.78, 5) is 21.9. The molecule has 1 aliphatic heterocycles. The molecule has 0 saturated carbocycles. The summed E-state index contributed by atoms with van der Waals surface area (Å²) in [5, 5.41) is 13.9. The molecule has 0 unspecified atom stereocenters. The molecule has 7 nitrogen and oxygen atoms in total. The molecule has 0 radical (unpaired) electrons. The molecule has 2 aromatic carbocycles. The number of amides is 1. The Morgan fingerprint density at radius 1 is 0.909 bits per heavy atom. The van der Waals surface area contributed by atoms with E-state index in [0.717, 1.165) is 17.1 Å². The average molecular weight is 435 g/mol. The second-order valence-electron chi connectivity index (χ2n) is 7.83.